The molecule has 1 unspecified atom stereocenters. The summed E-state index contributed by atoms with van der Waals surface area (Å²) in [5.41, 5.74) is 2.16. The van der Waals surface area contributed by atoms with Crippen molar-refractivity contribution in [1.82, 2.24) is 20.4 Å². The van der Waals surface area contributed by atoms with Gasteiger partial charge in [0.2, 0.25) is 0 Å². The van der Waals surface area contributed by atoms with Crippen LogP contribution in [-0.4, -0.2) is 34.8 Å². The van der Waals surface area contributed by atoms with E-state index in [0.717, 1.165) is 30.8 Å². The molecule has 3 rings (SSSR count). The molecule has 0 spiro atoms. The van der Waals surface area contributed by atoms with Gasteiger partial charge in [0.05, 0.1) is 23.1 Å². The summed E-state index contributed by atoms with van der Waals surface area (Å²) in [5, 5.41) is 10.7. The third-order valence-corrected chi connectivity index (χ3v) is 4.34. The number of aromatic nitrogens is 2. The van der Waals surface area contributed by atoms with Crippen LogP contribution >= 0.6 is 12.4 Å². The van der Waals surface area contributed by atoms with Crippen LogP contribution < -0.4 is 10.6 Å². The Labute approximate surface area is 153 Å². The molecule has 7 heteroatoms. The van der Waals surface area contributed by atoms with E-state index in [4.69, 9.17) is 0 Å². The number of rotatable bonds is 5. The van der Waals surface area contributed by atoms with E-state index in [-0.39, 0.29) is 30.0 Å². The van der Waals surface area contributed by atoms with E-state index >= 15 is 0 Å². The van der Waals surface area contributed by atoms with Crippen LogP contribution in [-0.2, 0) is 0 Å². The molecule has 2 aromatic rings. The Morgan fingerprint density at radius 3 is 2.72 bits per heavy atom. The van der Waals surface area contributed by atoms with Gasteiger partial charge in [-0.1, -0.05) is 13.8 Å². The summed E-state index contributed by atoms with van der Waals surface area (Å²) >= 11 is 0. The minimum absolute atomic E-state index is 0. The van der Waals surface area contributed by atoms with Gasteiger partial charge in [0.1, 0.15) is 5.82 Å². The van der Waals surface area contributed by atoms with Crippen molar-refractivity contribution >= 4 is 18.3 Å². The first-order chi connectivity index (χ1) is 11.6. The van der Waals surface area contributed by atoms with Crippen molar-refractivity contribution in [3.63, 3.8) is 0 Å². The normalized spacial score (nSPS) is 16.7. The number of carbonyl (C=O) groups is 1. The van der Waals surface area contributed by atoms with Gasteiger partial charge in [-0.3, -0.25) is 4.79 Å². The van der Waals surface area contributed by atoms with Crippen molar-refractivity contribution in [2.75, 3.05) is 13.1 Å². The van der Waals surface area contributed by atoms with Crippen molar-refractivity contribution in [3.8, 4) is 5.69 Å². The molecule has 25 heavy (non-hydrogen) atoms. The average molecular weight is 367 g/mol. The van der Waals surface area contributed by atoms with Crippen molar-refractivity contribution in [2.45, 2.75) is 38.6 Å². The highest BCUT2D eigenvalue weighted by Gasteiger charge is 2.22. The second kappa shape index (κ2) is 8.45. The van der Waals surface area contributed by atoms with E-state index in [0.29, 0.717) is 18.2 Å². The zero-order chi connectivity index (χ0) is 17.1. The number of carbonyl (C=O) groups excluding carboxylic acids is 1. The lowest BCUT2D eigenvalue weighted by atomic mass is 10.0. The van der Waals surface area contributed by atoms with E-state index in [9.17, 15) is 9.18 Å². The Bertz CT molecular complexity index is 708. The van der Waals surface area contributed by atoms with Gasteiger partial charge in [0.15, 0.2) is 0 Å². The first-order valence-electron chi connectivity index (χ1n) is 8.41. The number of benzene rings is 1. The molecule has 0 aliphatic carbocycles. The Balaban J connectivity index is 0.00000225. The van der Waals surface area contributed by atoms with Gasteiger partial charge < -0.3 is 10.6 Å². The van der Waals surface area contributed by atoms with Gasteiger partial charge in [-0.25, -0.2) is 9.07 Å². The van der Waals surface area contributed by atoms with Crippen molar-refractivity contribution < 1.29 is 9.18 Å². The Morgan fingerprint density at radius 2 is 2.12 bits per heavy atom. The summed E-state index contributed by atoms with van der Waals surface area (Å²) < 4.78 is 14.9. The molecule has 1 aromatic heterocycles. The molecule has 2 N–H and O–H groups in total. The molecule has 5 nitrogen and oxygen atoms in total. The van der Waals surface area contributed by atoms with E-state index < -0.39 is 0 Å². The summed E-state index contributed by atoms with van der Waals surface area (Å²) in [6.07, 6.45) is 3.84. The van der Waals surface area contributed by atoms with Crippen LogP contribution in [0.4, 0.5) is 4.39 Å². The molecule has 0 saturated carbocycles. The lowest BCUT2D eigenvalue weighted by Crippen LogP contribution is -2.37. The van der Waals surface area contributed by atoms with E-state index in [2.05, 4.69) is 15.7 Å². The summed E-state index contributed by atoms with van der Waals surface area (Å²) in [6.45, 7) is 5.68. The quantitative estimate of drug-likeness (QED) is 0.855. The third-order valence-electron chi connectivity index (χ3n) is 4.34. The fourth-order valence-electron chi connectivity index (χ4n) is 3.12. The predicted molar refractivity (Wildman–Crippen MR) is 98.2 cm³/mol. The molecule has 136 valence electrons. The molecule has 1 aromatic carbocycles. The summed E-state index contributed by atoms with van der Waals surface area (Å²) in [5.74, 6) is -0.289. The number of hydrogen-bond donors (Lipinski definition) is 2. The van der Waals surface area contributed by atoms with Crippen LogP contribution in [0, 0.1) is 5.82 Å². The monoisotopic (exact) mass is 366 g/mol. The molecule has 2 heterocycles. The van der Waals surface area contributed by atoms with Gasteiger partial charge in [-0.05, 0) is 49.6 Å². The topological polar surface area (TPSA) is 59.0 Å². The lowest BCUT2D eigenvalue weighted by Gasteiger charge is -2.14. The van der Waals surface area contributed by atoms with Gasteiger partial charge in [-0.2, -0.15) is 5.10 Å². The zero-order valence-electron chi connectivity index (χ0n) is 14.5. The standard InChI is InChI=1S/C18H23FN4O.ClH/c1-12(2)17-16(18(24)21-10-14-4-3-9-20-14)11-22-23(17)15-7-5-13(19)6-8-15;/h5-8,11-12,14,20H,3-4,9-10H2,1-2H3,(H,21,24);1H. The van der Waals surface area contributed by atoms with Crippen molar-refractivity contribution in [3.05, 3.63) is 47.5 Å². The molecule has 1 aliphatic rings. The van der Waals surface area contributed by atoms with Gasteiger partial charge in [-0.15, -0.1) is 12.4 Å². The molecule has 1 saturated heterocycles. The Kier molecular flexibility index (Phi) is 6.56. The highest BCUT2D eigenvalue weighted by atomic mass is 35.5. The van der Waals surface area contributed by atoms with E-state index in [1.165, 1.54) is 12.1 Å². The van der Waals surface area contributed by atoms with Crippen LogP contribution in [0.2, 0.25) is 0 Å². The first kappa shape index (κ1) is 19.4. The molecular weight excluding hydrogens is 343 g/mol. The Hall–Kier alpha value is -1.92. The molecule has 0 radical (unpaired) electrons. The van der Waals surface area contributed by atoms with Crippen LogP contribution in [0.15, 0.2) is 30.5 Å². The zero-order valence-corrected chi connectivity index (χ0v) is 15.3. The van der Waals surface area contributed by atoms with Gasteiger partial charge >= 0.3 is 0 Å². The fourth-order valence-corrected chi connectivity index (χ4v) is 3.12. The maximum Gasteiger partial charge on any atom is 0.254 e. The summed E-state index contributed by atoms with van der Waals surface area (Å²) in [7, 11) is 0. The second-order valence-electron chi connectivity index (χ2n) is 6.49. The van der Waals surface area contributed by atoms with Crippen LogP contribution in [0.3, 0.4) is 0 Å². The number of hydrogen-bond acceptors (Lipinski definition) is 3. The molecule has 1 amide bonds. The van der Waals surface area contributed by atoms with Gasteiger partial charge in [0.25, 0.3) is 5.91 Å². The van der Waals surface area contributed by atoms with Crippen molar-refractivity contribution in [1.29, 1.82) is 0 Å². The van der Waals surface area contributed by atoms with E-state index in [1.807, 2.05) is 13.8 Å². The smallest absolute Gasteiger partial charge is 0.254 e. The minimum atomic E-state index is -0.293. The maximum absolute atomic E-state index is 13.1. The molecular formula is C18H24ClFN4O. The molecule has 1 fully saturated rings. The minimum Gasteiger partial charge on any atom is -0.350 e. The first-order valence-corrected chi connectivity index (χ1v) is 8.41. The largest absolute Gasteiger partial charge is 0.350 e. The van der Waals surface area contributed by atoms with Crippen LogP contribution in [0.25, 0.3) is 5.69 Å². The van der Waals surface area contributed by atoms with Crippen LogP contribution in [0.1, 0.15) is 48.7 Å². The summed E-state index contributed by atoms with van der Waals surface area (Å²) in [4.78, 5) is 12.6. The fraction of sp³-hybridized carbons (Fsp3) is 0.444. The molecule has 1 atom stereocenters. The number of amides is 1. The number of nitrogens with one attached hydrogen (secondary N) is 2. The number of nitrogens with zero attached hydrogens (tertiary/aromatic N) is 2. The third kappa shape index (κ3) is 4.38. The highest BCUT2D eigenvalue weighted by Crippen LogP contribution is 2.23. The SMILES string of the molecule is CC(C)c1c(C(=O)NCC2CCCN2)cnn1-c1ccc(F)cc1.Cl. The van der Waals surface area contributed by atoms with Crippen molar-refractivity contribution in [2.24, 2.45) is 0 Å². The molecule has 1 aliphatic heterocycles. The summed E-state index contributed by atoms with van der Waals surface area (Å²) in [6, 6.07) is 6.47. The second-order valence-corrected chi connectivity index (χ2v) is 6.49. The highest BCUT2D eigenvalue weighted by molar-refractivity contribution is 5.95. The van der Waals surface area contributed by atoms with Gasteiger partial charge in [0, 0.05) is 12.6 Å². The Morgan fingerprint density at radius 1 is 1.40 bits per heavy atom. The predicted octanol–water partition coefficient (Wildman–Crippen LogP) is 3.04. The van der Waals surface area contributed by atoms with E-state index in [1.54, 1.807) is 23.0 Å². The number of halogens is 2. The lowest BCUT2D eigenvalue weighted by molar-refractivity contribution is 0.0949. The maximum atomic E-state index is 13.1. The average Bonchev–Trinajstić information content (AvgIpc) is 3.22. The van der Waals surface area contributed by atoms with Crippen LogP contribution in [0.5, 0.6) is 0 Å². The molecule has 0 bridgehead atoms.